The van der Waals surface area contributed by atoms with Crippen LogP contribution in [-0.4, -0.2) is 24.4 Å². The minimum absolute atomic E-state index is 0.0593. The molecule has 1 aliphatic rings. The summed E-state index contributed by atoms with van der Waals surface area (Å²) in [5.74, 6) is -0.275. The van der Waals surface area contributed by atoms with Crippen LogP contribution in [-0.2, 0) is 11.0 Å². The second kappa shape index (κ2) is 4.19. The van der Waals surface area contributed by atoms with Gasteiger partial charge in [0, 0.05) is 31.6 Å². The molecule has 1 heterocycles. The average Bonchev–Trinajstić information content (AvgIpc) is 2.57. The number of nitrogens with zero attached hydrogens (tertiary/aromatic N) is 1. The molecule has 2 rings (SSSR count). The Kier molecular flexibility index (Phi) is 2.96. The van der Waals surface area contributed by atoms with Crippen LogP contribution >= 0.6 is 0 Å². The number of amides is 1. The molecule has 0 saturated carbocycles. The smallest absolute Gasteiger partial charge is 0.399 e. The molecule has 98 valence electrons. The van der Waals surface area contributed by atoms with E-state index in [0.29, 0.717) is 12.1 Å². The van der Waals surface area contributed by atoms with Crippen molar-refractivity contribution in [1.29, 1.82) is 0 Å². The van der Waals surface area contributed by atoms with Crippen molar-refractivity contribution in [3.63, 3.8) is 0 Å². The van der Waals surface area contributed by atoms with Gasteiger partial charge >= 0.3 is 6.18 Å². The lowest BCUT2D eigenvalue weighted by Crippen LogP contribution is -2.18. The van der Waals surface area contributed by atoms with Crippen molar-refractivity contribution >= 4 is 11.6 Å². The molecule has 0 bridgehead atoms. The minimum Gasteiger partial charge on any atom is -0.399 e. The van der Waals surface area contributed by atoms with Gasteiger partial charge in [-0.3, -0.25) is 4.79 Å². The van der Waals surface area contributed by atoms with E-state index in [4.69, 9.17) is 5.73 Å². The molecule has 1 aliphatic heterocycles. The van der Waals surface area contributed by atoms with Gasteiger partial charge in [-0.2, -0.15) is 13.2 Å². The number of hydrogen-bond acceptors (Lipinski definition) is 2. The van der Waals surface area contributed by atoms with E-state index < -0.39 is 11.7 Å². The summed E-state index contributed by atoms with van der Waals surface area (Å²) in [6.45, 7) is 0.430. The number of likely N-dealkylation sites (tertiary alicyclic amines) is 1. The third-order valence-corrected chi connectivity index (χ3v) is 3.12. The number of halogens is 3. The standard InChI is InChI=1S/C12H13F3N2O/c1-17-6-8(4-11(17)18)7-2-9(12(13,14)15)5-10(16)3-7/h2-3,5,8H,4,6,16H2,1H3. The highest BCUT2D eigenvalue weighted by molar-refractivity contribution is 5.79. The van der Waals surface area contributed by atoms with Crippen LogP contribution in [0.5, 0.6) is 0 Å². The second-order valence-corrected chi connectivity index (χ2v) is 4.56. The second-order valence-electron chi connectivity index (χ2n) is 4.56. The lowest BCUT2D eigenvalue weighted by molar-refractivity contribution is -0.137. The molecule has 0 aliphatic carbocycles. The molecule has 0 spiro atoms. The number of anilines is 1. The minimum atomic E-state index is -4.42. The van der Waals surface area contributed by atoms with Crippen LogP contribution in [0.25, 0.3) is 0 Å². The number of carbonyl (C=O) groups is 1. The van der Waals surface area contributed by atoms with Crippen molar-refractivity contribution in [2.75, 3.05) is 19.3 Å². The summed E-state index contributed by atoms with van der Waals surface area (Å²) in [6.07, 6.45) is -4.18. The van der Waals surface area contributed by atoms with Crippen LogP contribution < -0.4 is 5.73 Å². The van der Waals surface area contributed by atoms with Gasteiger partial charge in [-0.1, -0.05) is 0 Å². The highest BCUT2D eigenvalue weighted by Crippen LogP contribution is 2.35. The number of alkyl halides is 3. The number of benzene rings is 1. The van der Waals surface area contributed by atoms with E-state index in [0.717, 1.165) is 12.1 Å². The first-order valence-electron chi connectivity index (χ1n) is 5.49. The maximum atomic E-state index is 12.7. The SMILES string of the molecule is CN1CC(c2cc(N)cc(C(F)(F)F)c2)CC1=O. The number of hydrogen-bond donors (Lipinski definition) is 1. The average molecular weight is 258 g/mol. The summed E-state index contributed by atoms with van der Waals surface area (Å²) in [5, 5.41) is 0. The van der Waals surface area contributed by atoms with Crippen LogP contribution in [0.1, 0.15) is 23.5 Å². The monoisotopic (exact) mass is 258 g/mol. The van der Waals surface area contributed by atoms with Gasteiger partial charge in [0.1, 0.15) is 0 Å². The Labute approximate surface area is 102 Å². The quantitative estimate of drug-likeness (QED) is 0.785. The number of carbonyl (C=O) groups excluding carboxylic acids is 1. The number of rotatable bonds is 1. The van der Waals surface area contributed by atoms with Crippen molar-refractivity contribution in [1.82, 2.24) is 4.90 Å². The van der Waals surface area contributed by atoms with E-state index in [-0.39, 0.29) is 23.9 Å². The van der Waals surface area contributed by atoms with Gasteiger partial charge in [-0.05, 0) is 23.8 Å². The molecular weight excluding hydrogens is 245 g/mol. The molecule has 1 fully saturated rings. The summed E-state index contributed by atoms with van der Waals surface area (Å²) in [4.78, 5) is 12.9. The van der Waals surface area contributed by atoms with E-state index in [2.05, 4.69) is 0 Å². The zero-order valence-electron chi connectivity index (χ0n) is 9.79. The van der Waals surface area contributed by atoms with Gasteiger partial charge in [-0.15, -0.1) is 0 Å². The fourth-order valence-electron chi connectivity index (χ4n) is 2.16. The third-order valence-electron chi connectivity index (χ3n) is 3.12. The van der Waals surface area contributed by atoms with Gasteiger partial charge in [0.15, 0.2) is 0 Å². The molecule has 1 saturated heterocycles. The molecule has 1 amide bonds. The van der Waals surface area contributed by atoms with Crippen LogP contribution in [0, 0.1) is 0 Å². The highest BCUT2D eigenvalue weighted by atomic mass is 19.4. The number of nitrogens with two attached hydrogens (primary N) is 1. The molecule has 3 nitrogen and oxygen atoms in total. The summed E-state index contributed by atoms with van der Waals surface area (Å²) < 4.78 is 38.0. The Morgan fingerprint density at radius 2 is 2.00 bits per heavy atom. The largest absolute Gasteiger partial charge is 0.416 e. The molecule has 1 unspecified atom stereocenters. The Bertz CT molecular complexity index is 485. The fraction of sp³-hybridized carbons (Fsp3) is 0.417. The molecule has 2 N–H and O–H groups in total. The van der Waals surface area contributed by atoms with Crippen LogP contribution in [0.3, 0.4) is 0 Å². The molecule has 18 heavy (non-hydrogen) atoms. The third kappa shape index (κ3) is 2.42. The van der Waals surface area contributed by atoms with Gasteiger partial charge < -0.3 is 10.6 Å². The summed E-state index contributed by atoms with van der Waals surface area (Å²) in [7, 11) is 1.64. The van der Waals surface area contributed by atoms with Crippen LogP contribution in [0.4, 0.5) is 18.9 Å². The van der Waals surface area contributed by atoms with Gasteiger partial charge in [0.25, 0.3) is 0 Å². The molecule has 6 heteroatoms. The molecule has 0 aromatic heterocycles. The predicted octanol–water partition coefficient (Wildman–Crippen LogP) is 2.23. The topological polar surface area (TPSA) is 46.3 Å². The Balaban J connectivity index is 2.35. The molecule has 1 aromatic carbocycles. The maximum Gasteiger partial charge on any atom is 0.416 e. The Morgan fingerprint density at radius 1 is 1.33 bits per heavy atom. The molecule has 0 radical (unpaired) electrons. The first-order chi connectivity index (χ1) is 8.27. The van der Waals surface area contributed by atoms with E-state index in [1.54, 1.807) is 7.05 Å². The van der Waals surface area contributed by atoms with E-state index in [1.807, 2.05) is 0 Å². The number of likely N-dealkylation sites (N-methyl/N-ethyl adjacent to an activating group) is 1. The molecule has 1 aromatic rings. The van der Waals surface area contributed by atoms with Crippen molar-refractivity contribution in [2.24, 2.45) is 0 Å². The van der Waals surface area contributed by atoms with Crippen LogP contribution in [0.2, 0.25) is 0 Å². The lowest BCUT2D eigenvalue weighted by Gasteiger charge is -2.14. The first kappa shape index (κ1) is 12.7. The Morgan fingerprint density at radius 3 is 2.50 bits per heavy atom. The van der Waals surface area contributed by atoms with Gasteiger partial charge in [0.2, 0.25) is 5.91 Å². The summed E-state index contributed by atoms with van der Waals surface area (Å²) in [6, 6.07) is 3.49. The van der Waals surface area contributed by atoms with E-state index in [1.165, 1.54) is 11.0 Å². The molecular formula is C12H13F3N2O. The predicted molar refractivity (Wildman–Crippen MR) is 60.9 cm³/mol. The van der Waals surface area contributed by atoms with Crippen molar-refractivity contribution < 1.29 is 18.0 Å². The normalized spacial score (nSPS) is 20.6. The van der Waals surface area contributed by atoms with Gasteiger partial charge in [0.05, 0.1) is 5.56 Å². The Hall–Kier alpha value is -1.72. The zero-order valence-corrected chi connectivity index (χ0v) is 9.79. The van der Waals surface area contributed by atoms with Crippen molar-refractivity contribution in [3.8, 4) is 0 Å². The lowest BCUT2D eigenvalue weighted by atomic mass is 9.95. The zero-order chi connectivity index (χ0) is 13.5. The van der Waals surface area contributed by atoms with Crippen molar-refractivity contribution in [3.05, 3.63) is 29.3 Å². The van der Waals surface area contributed by atoms with Crippen molar-refractivity contribution in [2.45, 2.75) is 18.5 Å². The summed E-state index contributed by atoms with van der Waals surface area (Å²) in [5.41, 5.74) is 5.27. The maximum absolute atomic E-state index is 12.7. The van der Waals surface area contributed by atoms with Gasteiger partial charge in [-0.25, -0.2) is 0 Å². The molecule has 1 atom stereocenters. The highest BCUT2D eigenvalue weighted by Gasteiger charge is 2.33. The van der Waals surface area contributed by atoms with Crippen LogP contribution in [0.15, 0.2) is 18.2 Å². The number of nitrogen functional groups attached to an aromatic ring is 1. The fourth-order valence-corrected chi connectivity index (χ4v) is 2.16. The summed E-state index contributed by atoms with van der Waals surface area (Å²) >= 11 is 0. The van der Waals surface area contributed by atoms with E-state index >= 15 is 0 Å². The van der Waals surface area contributed by atoms with E-state index in [9.17, 15) is 18.0 Å². The first-order valence-corrected chi connectivity index (χ1v) is 5.49.